The van der Waals surface area contributed by atoms with E-state index in [2.05, 4.69) is 66.3 Å². The lowest BCUT2D eigenvalue weighted by Crippen LogP contribution is -2.42. The Hall–Kier alpha value is -0.670. The molecule has 3 heteroatoms. The van der Waals surface area contributed by atoms with Gasteiger partial charge in [-0.2, -0.15) is 11.8 Å². The third-order valence-corrected chi connectivity index (χ3v) is 4.70. The number of nitrogens with one attached hydrogen (secondary N) is 1. The Morgan fingerprint density at radius 1 is 1.41 bits per heavy atom. The molecule has 17 heavy (non-hydrogen) atoms. The Morgan fingerprint density at radius 2 is 2.18 bits per heavy atom. The molecule has 1 heterocycles. The molecule has 1 aromatic carbocycles. The predicted octanol–water partition coefficient (Wildman–Crippen LogP) is 2.92. The summed E-state index contributed by atoms with van der Waals surface area (Å²) in [6.07, 6.45) is 1.34. The van der Waals surface area contributed by atoms with E-state index in [1.165, 1.54) is 23.6 Å². The molecule has 1 saturated heterocycles. The van der Waals surface area contributed by atoms with Crippen molar-refractivity contribution < 1.29 is 0 Å². The summed E-state index contributed by atoms with van der Waals surface area (Å²) in [7, 11) is 2.26. The van der Waals surface area contributed by atoms with Crippen molar-refractivity contribution in [1.82, 2.24) is 4.90 Å². The van der Waals surface area contributed by atoms with Crippen LogP contribution in [0.4, 0.5) is 5.69 Å². The van der Waals surface area contributed by atoms with Crippen molar-refractivity contribution in [2.24, 2.45) is 0 Å². The molecular weight excluding hydrogens is 228 g/mol. The molecule has 2 atom stereocenters. The van der Waals surface area contributed by atoms with E-state index in [1.54, 1.807) is 0 Å². The van der Waals surface area contributed by atoms with E-state index in [1.807, 2.05) is 0 Å². The number of para-hydroxylation sites is 1. The minimum Gasteiger partial charge on any atom is -0.383 e. The lowest BCUT2D eigenvalue weighted by molar-refractivity contribution is 0.207. The number of likely N-dealkylation sites (N-methyl/N-ethyl adjacent to an activating group) is 1. The highest BCUT2D eigenvalue weighted by Crippen LogP contribution is 2.22. The Balaban J connectivity index is 1.78. The smallest absolute Gasteiger partial charge is 0.0340 e. The van der Waals surface area contributed by atoms with Crippen LogP contribution in [0.1, 0.15) is 13.3 Å². The largest absolute Gasteiger partial charge is 0.383 e. The first kappa shape index (κ1) is 12.8. The van der Waals surface area contributed by atoms with Crippen LogP contribution in [0.3, 0.4) is 0 Å². The van der Waals surface area contributed by atoms with Gasteiger partial charge in [-0.3, -0.25) is 4.90 Å². The van der Waals surface area contributed by atoms with Crippen LogP contribution in [0.25, 0.3) is 0 Å². The van der Waals surface area contributed by atoms with E-state index in [0.717, 1.165) is 12.6 Å². The first-order valence-electron chi connectivity index (χ1n) is 6.36. The van der Waals surface area contributed by atoms with Crippen LogP contribution in [0.15, 0.2) is 30.3 Å². The Kier molecular flexibility index (Phi) is 4.75. The van der Waals surface area contributed by atoms with Crippen LogP contribution < -0.4 is 5.32 Å². The standard InChI is InChI=1S/C14H22N2S/c1-12(16(2)14-8-9-17-11-14)10-15-13-6-4-3-5-7-13/h3-7,12,14-15H,8-11H2,1-2H3. The summed E-state index contributed by atoms with van der Waals surface area (Å²) in [6.45, 7) is 3.32. The Morgan fingerprint density at radius 3 is 2.82 bits per heavy atom. The molecule has 0 bridgehead atoms. The summed E-state index contributed by atoms with van der Waals surface area (Å²) in [5.74, 6) is 2.63. The SMILES string of the molecule is CC(CNc1ccccc1)N(C)C1CCSC1. The average Bonchev–Trinajstić information content (AvgIpc) is 2.90. The van der Waals surface area contributed by atoms with E-state index < -0.39 is 0 Å². The first-order chi connectivity index (χ1) is 8.27. The zero-order chi connectivity index (χ0) is 12.1. The van der Waals surface area contributed by atoms with Crippen LogP contribution in [-0.4, -0.2) is 42.1 Å². The predicted molar refractivity (Wildman–Crippen MR) is 77.9 cm³/mol. The molecule has 0 saturated carbocycles. The van der Waals surface area contributed by atoms with E-state index in [0.29, 0.717) is 6.04 Å². The van der Waals surface area contributed by atoms with Gasteiger partial charge in [0.05, 0.1) is 0 Å². The molecule has 1 N–H and O–H groups in total. The molecule has 0 spiro atoms. The third kappa shape index (κ3) is 3.65. The molecule has 0 radical (unpaired) electrons. The molecule has 1 aliphatic heterocycles. The van der Waals surface area contributed by atoms with Crippen molar-refractivity contribution in [3.8, 4) is 0 Å². The highest BCUT2D eigenvalue weighted by molar-refractivity contribution is 7.99. The summed E-state index contributed by atoms with van der Waals surface area (Å²) < 4.78 is 0. The average molecular weight is 250 g/mol. The fraction of sp³-hybridized carbons (Fsp3) is 0.571. The summed E-state index contributed by atoms with van der Waals surface area (Å²) in [4.78, 5) is 2.52. The maximum absolute atomic E-state index is 3.50. The highest BCUT2D eigenvalue weighted by atomic mass is 32.2. The molecule has 0 aliphatic carbocycles. The second kappa shape index (κ2) is 6.31. The van der Waals surface area contributed by atoms with Gasteiger partial charge in [-0.05, 0) is 38.3 Å². The second-order valence-electron chi connectivity index (χ2n) is 4.78. The van der Waals surface area contributed by atoms with E-state index >= 15 is 0 Å². The van der Waals surface area contributed by atoms with Gasteiger partial charge in [0.1, 0.15) is 0 Å². The van der Waals surface area contributed by atoms with Crippen molar-refractivity contribution in [3.63, 3.8) is 0 Å². The zero-order valence-electron chi connectivity index (χ0n) is 10.7. The van der Waals surface area contributed by atoms with Crippen molar-refractivity contribution in [2.75, 3.05) is 30.4 Å². The van der Waals surface area contributed by atoms with Crippen LogP contribution in [0.5, 0.6) is 0 Å². The van der Waals surface area contributed by atoms with Crippen LogP contribution in [0, 0.1) is 0 Å². The molecule has 1 aliphatic rings. The molecule has 0 aromatic heterocycles. The van der Waals surface area contributed by atoms with Gasteiger partial charge in [0.15, 0.2) is 0 Å². The molecule has 1 aromatic rings. The van der Waals surface area contributed by atoms with Gasteiger partial charge in [0, 0.05) is 30.1 Å². The monoisotopic (exact) mass is 250 g/mol. The fourth-order valence-corrected chi connectivity index (χ4v) is 3.45. The molecular formula is C14H22N2S. The normalized spacial score (nSPS) is 21.7. The van der Waals surface area contributed by atoms with Gasteiger partial charge in [0.2, 0.25) is 0 Å². The summed E-state index contributed by atoms with van der Waals surface area (Å²) >= 11 is 2.08. The van der Waals surface area contributed by atoms with Crippen molar-refractivity contribution >= 4 is 17.4 Å². The number of hydrogen-bond acceptors (Lipinski definition) is 3. The quantitative estimate of drug-likeness (QED) is 0.865. The molecule has 2 nitrogen and oxygen atoms in total. The summed E-state index contributed by atoms with van der Waals surface area (Å²) in [5, 5.41) is 3.50. The minimum atomic E-state index is 0.582. The third-order valence-electron chi connectivity index (χ3n) is 3.55. The second-order valence-corrected chi connectivity index (χ2v) is 5.93. The summed E-state index contributed by atoms with van der Waals surface area (Å²) in [5.41, 5.74) is 1.22. The van der Waals surface area contributed by atoms with Crippen molar-refractivity contribution in [2.45, 2.75) is 25.4 Å². The van der Waals surface area contributed by atoms with Crippen molar-refractivity contribution in [3.05, 3.63) is 30.3 Å². The number of nitrogens with zero attached hydrogens (tertiary/aromatic N) is 1. The number of benzene rings is 1. The number of rotatable bonds is 5. The van der Waals surface area contributed by atoms with E-state index in [4.69, 9.17) is 0 Å². The molecule has 2 rings (SSSR count). The number of thioether (sulfide) groups is 1. The van der Waals surface area contributed by atoms with Gasteiger partial charge in [-0.25, -0.2) is 0 Å². The maximum atomic E-state index is 3.50. The van der Waals surface area contributed by atoms with Crippen LogP contribution >= 0.6 is 11.8 Å². The molecule has 0 amide bonds. The fourth-order valence-electron chi connectivity index (χ4n) is 2.17. The van der Waals surface area contributed by atoms with Crippen LogP contribution in [0.2, 0.25) is 0 Å². The number of anilines is 1. The van der Waals surface area contributed by atoms with Gasteiger partial charge in [-0.1, -0.05) is 18.2 Å². The summed E-state index contributed by atoms with van der Waals surface area (Å²) in [6, 6.07) is 11.8. The minimum absolute atomic E-state index is 0.582. The van der Waals surface area contributed by atoms with Crippen molar-refractivity contribution in [1.29, 1.82) is 0 Å². The molecule has 94 valence electrons. The van der Waals surface area contributed by atoms with Gasteiger partial charge < -0.3 is 5.32 Å². The topological polar surface area (TPSA) is 15.3 Å². The Labute approximate surface area is 109 Å². The lowest BCUT2D eigenvalue weighted by atomic mass is 10.2. The van der Waals surface area contributed by atoms with Gasteiger partial charge in [0.25, 0.3) is 0 Å². The van der Waals surface area contributed by atoms with Gasteiger partial charge in [-0.15, -0.1) is 0 Å². The maximum Gasteiger partial charge on any atom is 0.0340 e. The van der Waals surface area contributed by atoms with E-state index in [-0.39, 0.29) is 0 Å². The van der Waals surface area contributed by atoms with Gasteiger partial charge >= 0.3 is 0 Å². The zero-order valence-corrected chi connectivity index (χ0v) is 11.5. The molecule has 1 fully saturated rings. The highest BCUT2D eigenvalue weighted by Gasteiger charge is 2.23. The van der Waals surface area contributed by atoms with E-state index in [9.17, 15) is 0 Å². The van der Waals surface area contributed by atoms with Crippen LogP contribution in [-0.2, 0) is 0 Å². The number of hydrogen-bond donors (Lipinski definition) is 1. The Bertz CT molecular complexity index is 322. The first-order valence-corrected chi connectivity index (χ1v) is 7.51. The lowest BCUT2D eigenvalue weighted by Gasteiger charge is -2.30. The molecule has 2 unspecified atom stereocenters.